The van der Waals surface area contributed by atoms with Crippen molar-refractivity contribution >= 4 is 22.0 Å². The van der Waals surface area contributed by atoms with Crippen molar-refractivity contribution in [3.05, 3.63) is 76.7 Å². The summed E-state index contributed by atoms with van der Waals surface area (Å²) < 4.78 is 25.9. The van der Waals surface area contributed by atoms with E-state index in [1.54, 1.807) is 4.90 Å². The largest absolute Gasteiger partial charge is 0.351 e. The second-order valence-electron chi connectivity index (χ2n) is 7.69. The van der Waals surface area contributed by atoms with Crippen LogP contribution in [0.1, 0.15) is 29.5 Å². The smallest absolute Gasteiger partial charge is 0.236 e. The van der Waals surface area contributed by atoms with Crippen molar-refractivity contribution in [3.8, 4) is 0 Å². The summed E-state index contributed by atoms with van der Waals surface area (Å²) in [6.07, 6.45) is 4.07. The summed E-state index contributed by atoms with van der Waals surface area (Å²) in [4.78, 5) is 13.9. The molecule has 1 amide bonds. The van der Waals surface area contributed by atoms with Crippen molar-refractivity contribution in [1.29, 1.82) is 0 Å². The van der Waals surface area contributed by atoms with Gasteiger partial charge in [-0.05, 0) is 17.2 Å². The topological polar surface area (TPSA) is 70.9 Å². The lowest BCUT2D eigenvalue weighted by Gasteiger charge is -2.17. The number of sulfonamides is 1. The van der Waals surface area contributed by atoms with Gasteiger partial charge in [-0.2, -0.15) is 4.31 Å². The molecule has 30 heavy (non-hydrogen) atoms. The van der Waals surface area contributed by atoms with Crippen molar-refractivity contribution in [3.63, 3.8) is 0 Å². The first-order chi connectivity index (χ1) is 14.4. The van der Waals surface area contributed by atoms with Crippen molar-refractivity contribution in [2.75, 3.05) is 26.7 Å². The highest BCUT2D eigenvalue weighted by atomic mass is 32.2. The number of nitrogens with one attached hydrogen (secondary N) is 2. The molecule has 1 aliphatic rings. The number of likely N-dealkylation sites (tertiary alicyclic amines) is 1. The molecule has 0 unspecified atom stereocenters. The number of likely N-dealkylation sites (N-methyl/N-ethyl adjacent to an activating group) is 1. The Hall–Kier alpha value is -2.48. The van der Waals surface area contributed by atoms with Crippen molar-refractivity contribution < 1.29 is 18.1 Å². The fourth-order valence-electron chi connectivity index (χ4n) is 3.60. The molecule has 1 heterocycles. The van der Waals surface area contributed by atoms with E-state index in [4.69, 9.17) is 0 Å². The first-order valence-corrected chi connectivity index (χ1v) is 11.8. The summed E-state index contributed by atoms with van der Waals surface area (Å²) in [5.41, 5.74) is 3.11. The molecule has 0 spiro atoms. The molecule has 2 aromatic rings. The number of amides is 1. The van der Waals surface area contributed by atoms with E-state index in [0.717, 1.165) is 27.4 Å². The maximum atomic E-state index is 12.4. The van der Waals surface area contributed by atoms with Gasteiger partial charge in [0, 0.05) is 37.4 Å². The second kappa shape index (κ2) is 10.5. The third kappa shape index (κ3) is 6.52. The first-order valence-electron chi connectivity index (χ1n) is 10.3. The minimum atomic E-state index is -3.67. The Morgan fingerprint density at radius 1 is 1.03 bits per heavy atom. The van der Waals surface area contributed by atoms with Crippen LogP contribution in [0.15, 0.2) is 60.0 Å². The van der Waals surface area contributed by atoms with E-state index < -0.39 is 10.0 Å². The SMILES string of the molecule is CN(CC(=O)NCc1ccccc1C[NH+]1CCCC1)S(=O)(=O)/C=C/c1ccccc1. The van der Waals surface area contributed by atoms with E-state index in [9.17, 15) is 13.2 Å². The van der Waals surface area contributed by atoms with Gasteiger partial charge < -0.3 is 10.2 Å². The fourth-order valence-corrected chi connectivity index (χ4v) is 4.43. The maximum Gasteiger partial charge on any atom is 0.236 e. The number of nitrogens with zero attached hydrogens (tertiary/aromatic N) is 1. The van der Waals surface area contributed by atoms with E-state index in [1.165, 1.54) is 44.6 Å². The summed E-state index contributed by atoms with van der Waals surface area (Å²) in [5, 5.41) is 3.99. The van der Waals surface area contributed by atoms with Crippen LogP contribution in [-0.2, 0) is 27.9 Å². The summed E-state index contributed by atoms with van der Waals surface area (Å²) in [7, 11) is -2.26. The van der Waals surface area contributed by atoms with E-state index in [2.05, 4.69) is 11.4 Å². The zero-order chi connectivity index (χ0) is 21.4. The number of rotatable bonds is 9. The quantitative estimate of drug-likeness (QED) is 0.635. The molecular formula is C23H30N3O3S+. The van der Waals surface area contributed by atoms with Gasteiger partial charge in [-0.25, -0.2) is 8.42 Å². The Morgan fingerprint density at radius 2 is 1.67 bits per heavy atom. The lowest BCUT2D eigenvalue weighted by Crippen LogP contribution is -3.08. The molecule has 160 valence electrons. The van der Waals surface area contributed by atoms with Gasteiger partial charge in [0.25, 0.3) is 0 Å². The van der Waals surface area contributed by atoms with Gasteiger partial charge in [-0.3, -0.25) is 4.79 Å². The fraction of sp³-hybridized carbons (Fsp3) is 0.348. The summed E-state index contributed by atoms with van der Waals surface area (Å²) in [6, 6.07) is 17.3. The molecule has 6 nitrogen and oxygen atoms in total. The highest BCUT2D eigenvalue weighted by Crippen LogP contribution is 2.09. The number of benzene rings is 2. The van der Waals surface area contributed by atoms with Gasteiger partial charge >= 0.3 is 0 Å². The molecule has 1 aliphatic heterocycles. The molecule has 2 N–H and O–H groups in total. The van der Waals surface area contributed by atoms with Gasteiger partial charge in [0.2, 0.25) is 15.9 Å². The van der Waals surface area contributed by atoms with Gasteiger partial charge in [-0.1, -0.05) is 54.6 Å². The van der Waals surface area contributed by atoms with Crippen LogP contribution in [0, 0.1) is 0 Å². The molecule has 0 radical (unpaired) electrons. The third-order valence-corrected chi connectivity index (χ3v) is 6.86. The third-order valence-electron chi connectivity index (χ3n) is 5.38. The molecule has 0 aliphatic carbocycles. The van der Waals surface area contributed by atoms with E-state index >= 15 is 0 Å². The van der Waals surface area contributed by atoms with Gasteiger partial charge in [-0.15, -0.1) is 0 Å². The van der Waals surface area contributed by atoms with Crippen LogP contribution in [0.25, 0.3) is 6.08 Å². The second-order valence-corrected chi connectivity index (χ2v) is 9.62. The van der Waals surface area contributed by atoms with Gasteiger partial charge in [0.1, 0.15) is 6.54 Å². The molecule has 0 atom stereocenters. The van der Waals surface area contributed by atoms with E-state index in [1.807, 2.05) is 48.5 Å². The Morgan fingerprint density at radius 3 is 2.37 bits per heavy atom. The number of hydrogen-bond acceptors (Lipinski definition) is 3. The van der Waals surface area contributed by atoms with Crippen LogP contribution in [0.4, 0.5) is 0 Å². The molecule has 1 fully saturated rings. The van der Waals surface area contributed by atoms with Crippen LogP contribution in [0.3, 0.4) is 0 Å². The van der Waals surface area contributed by atoms with Crippen LogP contribution in [-0.4, -0.2) is 45.3 Å². The standard InChI is InChI=1S/C23H29N3O3S/c1-25(30(28,29)16-13-20-9-3-2-4-10-20)19-23(27)24-17-21-11-5-6-12-22(21)18-26-14-7-8-15-26/h2-6,9-13,16H,7-8,14-15,17-19H2,1H3,(H,24,27)/p+1/b16-13+. The van der Waals surface area contributed by atoms with Gasteiger partial charge in [0.15, 0.2) is 0 Å². The Kier molecular flexibility index (Phi) is 7.79. The number of carbonyl (C=O) groups is 1. The maximum absolute atomic E-state index is 12.4. The predicted molar refractivity (Wildman–Crippen MR) is 119 cm³/mol. The van der Waals surface area contributed by atoms with Crippen molar-refractivity contribution in [2.45, 2.75) is 25.9 Å². The van der Waals surface area contributed by atoms with Crippen LogP contribution < -0.4 is 10.2 Å². The molecule has 7 heteroatoms. The van der Waals surface area contributed by atoms with Crippen molar-refractivity contribution in [1.82, 2.24) is 9.62 Å². The summed E-state index contributed by atoms with van der Waals surface area (Å²) >= 11 is 0. The Labute approximate surface area is 179 Å². The average Bonchev–Trinajstić information content (AvgIpc) is 3.25. The highest BCUT2D eigenvalue weighted by Gasteiger charge is 2.19. The lowest BCUT2D eigenvalue weighted by molar-refractivity contribution is -0.901. The molecule has 2 aromatic carbocycles. The molecular weight excluding hydrogens is 398 g/mol. The normalized spacial score (nSPS) is 15.1. The van der Waals surface area contributed by atoms with Crippen molar-refractivity contribution in [2.24, 2.45) is 0 Å². The Bertz CT molecular complexity index is 968. The van der Waals surface area contributed by atoms with Crippen LogP contribution in [0.2, 0.25) is 0 Å². The molecule has 3 rings (SSSR count). The molecule has 0 aromatic heterocycles. The number of quaternary nitrogens is 1. The molecule has 1 saturated heterocycles. The lowest BCUT2D eigenvalue weighted by atomic mass is 10.1. The average molecular weight is 429 g/mol. The van der Waals surface area contributed by atoms with E-state index in [0.29, 0.717) is 6.54 Å². The number of hydrogen-bond donors (Lipinski definition) is 2. The predicted octanol–water partition coefficient (Wildman–Crippen LogP) is 1.41. The zero-order valence-electron chi connectivity index (χ0n) is 17.4. The Balaban J connectivity index is 1.53. The van der Waals surface area contributed by atoms with E-state index in [-0.39, 0.29) is 12.5 Å². The number of carbonyl (C=O) groups excluding carboxylic acids is 1. The highest BCUT2D eigenvalue weighted by molar-refractivity contribution is 7.92. The monoisotopic (exact) mass is 428 g/mol. The summed E-state index contributed by atoms with van der Waals surface area (Å²) in [6.45, 7) is 3.53. The molecule has 0 saturated carbocycles. The minimum Gasteiger partial charge on any atom is -0.351 e. The molecule has 0 bridgehead atoms. The summed E-state index contributed by atoms with van der Waals surface area (Å²) in [5.74, 6) is -0.322. The first kappa shape index (κ1) is 22.2. The van der Waals surface area contributed by atoms with Gasteiger partial charge in [0.05, 0.1) is 19.6 Å². The zero-order valence-corrected chi connectivity index (χ0v) is 18.2. The van der Waals surface area contributed by atoms with Crippen LogP contribution >= 0.6 is 0 Å². The van der Waals surface area contributed by atoms with Crippen LogP contribution in [0.5, 0.6) is 0 Å². The minimum absolute atomic E-state index is 0.221.